The molecule has 3 atom stereocenters. The van der Waals surface area contributed by atoms with E-state index in [0.717, 1.165) is 0 Å². The van der Waals surface area contributed by atoms with Gasteiger partial charge in [0.2, 0.25) is 5.91 Å². The Morgan fingerprint density at radius 3 is 2.50 bits per heavy atom. The molecule has 8 heteroatoms. The van der Waals surface area contributed by atoms with E-state index in [1.807, 2.05) is 32.0 Å². The Morgan fingerprint density at radius 2 is 1.85 bits per heavy atom. The second kappa shape index (κ2) is 7.26. The van der Waals surface area contributed by atoms with Gasteiger partial charge in [-0.3, -0.25) is 4.79 Å². The lowest BCUT2D eigenvalue weighted by Gasteiger charge is -2.32. The lowest BCUT2D eigenvalue weighted by Crippen LogP contribution is -2.48. The van der Waals surface area contributed by atoms with E-state index in [2.05, 4.69) is 10.6 Å². The van der Waals surface area contributed by atoms with Crippen molar-refractivity contribution in [3.63, 3.8) is 0 Å². The number of rotatable bonds is 3. The van der Waals surface area contributed by atoms with E-state index in [0.29, 0.717) is 12.1 Å². The SMILES string of the molecule is CC(C)NC(=O)[C@H]1CCS(=O)(=O)[C@H]2CN(C(=O)Nc3ccccc3)C[C@@H]12. The summed E-state index contributed by atoms with van der Waals surface area (Å²) in [6.45, 7) is 4.17. The van der Waals surface area contributed by atoms with Gasteiger partial charge in [-0.2, -0.15) is 0 Å². The van der Waals surface area contributed by atoms with E-state index in [-0.39, 0.29) is 48.7 Å². The van der Waals surface area contributed by atoms with Crippen LogP contribution in [-0.2, 0) is 14.6 Å². The van der Waals surface area contributed by atoms with Crippen LogP contribution in [0.4, 0.5) is 10.5 Å². The average Bonchev–Trinajstić information content (AvgIpc) is 3.02. The Balaban J connectivity index is 1.75. The fourth-order valence-electron chi connectivity index (χ4n) is 3.83. The minimum atomic E-state index is -3.30. The fourth-order valence-corrected chi connectivity index (χ4v) is 5.93. The quantitative estimate of drug-likeness (QED) is 0.831. The van der Waals surface area contributed by atoms with Crippen molar-refractivity contribution in [1.29, 1.82) is 0 Å². The first-order valence-corrected chi connectivity index (χ1v) is 10.6. The standard InChI is InChI=1S/C18H25N3O4S/c1-12(2)19-17(22)14-8-9-26(24,25)16-11-21(10-15(14)16)18(23)20-13-6-4-3-5-7-13/h3-7,12,14-16H,8-11H2,1-2H3,(H,19,22)(H,20,23)/t14-,15-,16-/m0/s1. The molecule has 0 aromatic heterocycles. The second-order valence-electron chi connectivity index (χ2n) is 7.33. The van der Waals surface area contributed by atoms with E-state index in [9.17, 15) is 18.0 Å². The minimum absolute atomic E-state index is 0.00150. The molecule has 0 spiro atoms. The molecule has 0 radical (unpaired) electrons. The third-order valence-corrected chi connectivity index (χ3v) is 7.31. The maximum Gasteiger partial charge on any atom is 0.321 e. The molecule has 3 amide bonds. The van der Waals surface area contributed by atoms with Gasteiger partial charge in [0.1, 0.15) is 0 Å². The predicted molar refractivity (Wildman–Crippen MR) is 99.5 cm³/mol. The van der Waals surface area contributed by atoms with E-state index >= 15 is 0 Å². The number of nitrogens with one attached hydrogen (secondary N) is 2. The second-order valence-corrected chi connectivity index (χ2v) is 9.67. The number of sulfone groups is 1. The summed E-state index contributed by atoms with van der Waals surface area (Å²) < 4.78 is 25.0. The third-order valence-electron chi connectivity index (χ3n) is 5.08. The van der Waals surface area contributed by atoms with Crippen molar-refractivity contribution in [3.05, 3.63) is 30.3 Å². The predicted octanol–water partition coefficient (Wildman–Crippen LogP) is 1.48. The number of hydrogen-bond donors (Lipinski definition) is 2. The van der Waals surface area contributed by atoms with Crippen LogP contribution in [0.3, 0.4) is 0 Å². The molecule has 0 saturated carbocycles. The van der Waals surface area contributed by atoms with E-state index in [4.69, 9.17) is 0 Å². The van der Waals surface area contributed by atoms with Crippen molar-refractivity contribution in [2.45, 2.75) is 31.6 Å². The Hall–Kier alpha value is -2.09. The molecule has 2 fully saturated rings. The number of urea groups is 1. The van der Waals surface area contributed by atoms with Crippen LogP contribution in [0.1, 0.15) is 20.3 Å². The molecular formula is C18H25N3O4S. The zero-order valence-electron chi connectivity index (χ0n) is 15.0. The van der Waals surface area contributed by atoms with E-state index in [1.54, 1.807) is 12.1 Å². The largest absolute Gasteiger partial charge is 0.354 e. The molecule has 7 nitrogen and oxygen atoms in total. The van der Waals surface area contributed by atoms with Crippen LogP contribution in [0, 0.1) is 11.8 Å². The Bertz CT molecular complexity index is 779. The van der Waals surface area contributed by atoms with Gasteiger partial charge in [-0.15, -0.1) is 0 Å². The highest BCUT2D eigenvalue weighted by atomic mass is 32.2. The molecule has 1 aromatic rings. The van der Waals surface area contributed by atoms with Crippen LogP contribution >= 0.6 is 0 Å². The summed E-state index contributed by atoms with van der Waals surface area (Å²) in [5.41, 5.74) is 0.657. The normalized spacial score (nSPS) is 27.0. The van der Waals surface area contributed by atoms with Gasteiger partial charge in [-0.05, 0) is 32.4 Å². The first-order chi connectivity index (χ1) is 12.3. The van der Waals surface area contributed by atoms with Gasteiger partial charge in [0.25, 0.3) is 0 Å². The third kappa shape index (κ3) is 3.85. The van der Waals surface area contributed by atoms with E-state index in [1.165, 1.54) is 4.90 Å². The summed E-state index contributed by atoms with van der Waals surface area (Å²) in [4.78, 5) is 26.6. The number of fused-ring (bicyclic) bond motifs is 1. The summed E-state index contributed by atoms with van der Waals surface area (Å²) >= 11 is 0. The van der Waals surface area contributed by atoms with Crippen LogP contribution in [0.15, 0.2) is 30.3 Å². The summed E-state index contributed by atoms with van der Waals surface area (Å²) in [6.07, 6.45) is 0.316. The van der Waals surface area contributed by atoms with Crippen LogP contribution in [0.25, 0.3) is 0 Å². The number of hydrogen-bond acceptors (Lipinski definition) is 4. The van der Waals surface area contributed by atoms with Crippen molar-refractivity contribution in [2.75, 3.05) is 24.2 Å². The number of likely N-dealkylation sites (tertiary alicyclic amines) is 1. The van der Waals surface area contributed by atoms with Crippen LogP contribution in [-0.4, -0.2) is 55.4 Å². The number of benzene rings is 1. The molecule has 142 valence electrons. The highest BCUT2D eigenvalue weighted by molar-refractivity contribution is 7.92. The molecule has 2 aliphatic rings. The molecular weight excluding hydrogens is 354 g/mol. The molecule has 0 aliphatic carbocycles. The van der Waals surface area contributed by atoms with Crippen molar-refractivity contribution >= 4 is 27.5 Å². The number of carbonyl (C=O) groups is 2. The van der Waals surface area contributed by atoms with Gasteiger partial charge < -0.3 is 15.5 Å². The molecule has 2 saturated heterocycles. The molecule has 2 heterocycles. The molecule has 26 heavy (non-hydrogen) atoms. The zero-order chi connectivity index (χ0) is 18.9. The van der Waals surface area contributed by atoms with Crippen molar-refractivity contribution < 1.29 is 18.0 Å². The van der Waals surface area contributed by atoms with Crippen molar-refractivity contribution in [1.82, 2.24) is 10.2 Å². The first-order valence-electron chi connectivity index (χ1n) is 8.91. The van der Waals surface area contributed by atoms with E-state index < -0.39 is 15.1 Å². The number of anilines is 1. The number of para-hydroxylation sites is 1. The maximum absolute atomic E-state index is 12.5. The monoisotopic (exact) mass is 379 g/mol. The molecule has 2 aliphatic heterocycles. The smallest absolute Gasteiger partial charge is 0.321 e. The minimum Gasteiger partial charge on any atom is -0.354 e. The van der Waals surface area contributed by atoms with Gasteiger partial charge in [0, 0.05) is 36.7 Å². The lowest BCUT2D eigenvalue weighted by molar-refractivity contribution is -0.127. The van der Waals surface area contributed by atoms with Crippen LogP contribution in [0.2, 0.25) is 0 Å². The highest BCUT2D eigenvalue weighted by Gasteiger charge is 2.51. The van der Waals surface area contributed by atoms with Crippen molar-refractivity contribution in [2.24, 2.45) is 11.8 Å². The van der Waals surface area contributed by atoms with Gasteiger partial charge in [0.15, 0.2) is 9.84 Å². The first kappa shape index (κ1) is 18.7. The topological polar surface area (TPSA) is 95.6 Å². The zero-order valence-corrected chi connectivity index (χ0v) is 15.8. The number of nitrogens with zero attached hydrogens (tertiary/aromatic N) is 1. The molecule has 0 bridgehead atoms. The van der Waals surface area contributed by atoms with Gasteiger partial charge in [0.05, 0.1) is 11.0 Å². The summed E-state index contributed by atoms with van der Waals surface area (Å²) in [5.74, 6) is -0.844. The highest BCUT2D eigenvalue weighted by Crippen LogP contribution is 2.37. The maximum atomic E-state index is 12.5. The summed E-state index contributed by atoms with van der Waals surface area (Å²) in [5, 5.41) is 5.01. The Morgan fingerprint density at radius 1 is 1.15 bits per heavy atom. The Labute approximate surface area is 154 Å². The summed E-state index contributed by atoms with van der Waals surface area (Å²) in [6, 6.07) is 8.70. The van der Waals surface area contributed by atoms with Crippen LogP contribution in [0.5, 0.6) is 0 Å². The van der Waals surface area contributed by atoms with Gasteiger partial charge in [-0.25, -0.2) is 13.2 Å². The number of amides is 3. The molecule has 3 rings (SSSR count). The van der Waals surface area contributed by atoms with Crippen LogP contribution < -0.4 is 10.6 Å². The molecule has 2 N–H and O–H groups in total. The van der Waals surface area contributed by atoms with Gasteiger partial charge in [-0.1, -0.05) is 18.2 Å². The average molecular weight is 379 g/mol. The number of carbonyl (C=O) groups excluding carboxylic acids is 2. The summed E-state index contributed by atoms with van der Waals surface area (Å²) in [7, 11) is -3.30. The fraction of sp³-hybridized carbons (Fsp3) is 0.556. The molecule has 1 aromatic carbocycles. The molecule has 0 unspecified atom stereocenters. The Kier molecular flexibility index (Phi) is 5.22. The van der Waals surface area contributed by atoms with Crippen molar-refractivity contribution in [3.8, 4) is 0 Å². The lowest BCUT2D eigenvalue weighted by atomic mass is 9.87. The van der Waals surface area contributed by atoms with Gasteiger partial charge >= 0.3 is 6.03 Å².